The molecule has 5 aliphatic carbocycles. The Morgan fingerprint density at radius 1 is 1.15 bits per heavy atom. The monoisotopic (exact) mass is 561 g/mol. The minimum absolute atomic E-state index is 0.0199. The van der Waals surface area contributed by atoms with E-state index in [0.29, 0.717) is 12.8 Å². The molecular weight excluding hydrogens is 522 g/mol. The number of rotatable bonds is 4. The van der Waals surface area contributed by atoms with Gasteiger partial charge in [0.2, 0.25) is 5.79 Å². The van der Waals surface area contributed by atoms with Gasteiger partial charge in [0.1, 0.15) is 11.8 Å². The fourth-order valence-electron chi connectivity index (χ4n) is 11.1. The van der Waals surface area contributed by atoms with E-state index in [1.807, 2.05) is 36.5 Å². The number of hydrogen-bond acceptors (Lipinski definition) is 8. The Balaban J connectivity index is 1.29. The van der Waals surface area contributed by atoms with E-state index >= 15 is 0 Å². The minimum atomic E-state index is -1.70. The molecule has 2 aliphatic heterocycles. The third-order valence-corrected chi connectivity index (χ3v) is 12.1. The number of ether oxygens (including phenoxy) is 2. The van der Waals surface area contributed by atoms with Gasteiger partial charge < -0.3 is 24.8 Å². The van der Waals surface area contributed by atoms with Gasteiger partial charge in [-0.25, -0.2) is 4.68 Å². The number of Topliss-reactive ketones (excluding diaryl/α,β-unsaturated/α-hetero) is 1. The maximum absolute atomic E-state index is 14.4. The Labute approximate surface area is 239 Å². The van der Waals surface area contributed by atoms with Crippen LogP contribution < -0.4 is 0 Å². The van der Waals surface area contributed by atoms with Gasteiger partial charge in [0, 0.05) is 22.8 Å². The van der Waals surface area contributed by atoms with E-state index in [4.69, 9.17) is 9.47 Å². The second-order valence-corrected chi connectivity index (χ2v) is 14.7. The number of aliphatic hydroxyl groups excluding tert-OH is 2. The van der Waals surface area contributed by atoms with Gasteiger partial charge in [-0.05, 0) is 56.3 Å². The molecule has 11 atom stereocenters. The predicted molar refractivity (Wildman–Crippen MR) is 147 cm³/mol. The molecule has 2 saturated heterocycles. The van der Waals surface area contributed by atoms with Crippen molar-refractivity contribution < 1.29 is 29.6 Å². The van der Waals surface area contributed by atoms with Crippen LogP contribution in [0.2, 0.25) is 0 Å². The summed E-state index contributed by atoms with van der Waals surface area (Å²) < 4.78 is 14.8. The summed E-state index contributed by atoms with van der Waals surface area (Å²) in [6.45, 7) is 11.6. The number of ketones is 1. The molecule has 9 heteroatoms. The summed E-state index contributed by atoms with van der Waals surface area (Å²) in [5.74, 6) is -4.29. The summed E-state index contributed by atoms with van der Waals surface area (Å²) >= 11 is 0. The lowest BCUT2D eigenvalue weighted by atomic mass is 9.23. The molecule has 218 valence electrons. The van der Waals surface area contributed by atoms with Crippen LogP contribution in [-0.2, 0) is 14.3 Å². The predicted octanol–water partition coefficient (Wildman–Crippen LogP) is 3.12. The Kier molecular flexibility index (Phi) is 4.95. The van der Waals surface area contributed by atoms with Crippen LogP contribution in [-0.4, -0.2) is 66.5 Å². The van der Waals surface area contributed by atoms with Crippen LogP contribution in [0.15, 0.2) is 48.7 Å². The molecule has 41 heavy (non-hydrogen) atoms. The number of aromatic nitrogens is 3. The van der Waals surface area contributed by atoms with Gasteiger partial charge in [0.15, 0.2) is 11.6 Å². The first-order chi connectivity index (χ1) is 19.3. The summed E-state index contributed by atoms with van der Waals surface area (Å²) in [6, 6.07) is 9.39. The first-order valence-corrected chi connectivity index (χ1v) is 14.9. The van der Waals surface area contributed by atoms with E-state index < -0.39 is 52.0 Å². The van der Waals surface area contributed by atoms with E-state index in [2.05, 4.69) is 30.7 Å². The van der Waals surface area contributed by atoms with Crippen molar-refractivity contribution in [2.45, 2.75) is 76.8 Å². The van der Waals surface area contributed by atoms with Crippen LogP contribution in [0.4, 0.5) is 0 Å². The SMILES string of the molecule is C=C1C2C(=O)[C@]34[C@H]2[C@H]1CC[C@H]3[C@@]12CO[C@]4(OC(C)(C)O)[C@@H](O)[C@@H]1C(C)(C)C[C@H](n1cc(-c3ccccc3)nn1)[C@H]2O. The lowest BCUT2D eigenvalue weighted by Gasteiger charge is -2.84. The molecule has 2 bridgehead atoms. The van der Waals surface area contributed by atoms with Crippen molar-refractivity contribution in [1.82, 2.24) is 15.0 Å². The summed E-state index contributed by atoms with van der Waals surface area (Å²) in [5, 5.41) is 44.9. The Morgan fingerprint density at radius 2 is 1.88 bits per heavy atom. The van der Waals surface area contributed by atoms with Crippen molar-refractivity contribution in [3.05, 3.63) is 48.7 Å². The zero-order chi connectivity index (χ0) is 28.9. The van der Waals surface area contributed by atoms with Gasteiger partial charge in [-0.1, -0.05) is 61.5 Å². The van der Waals surface area contributed by atoms with Crippen LogP contribution in [0, 0.1) is 45.8 Å². The lowest BCUT2D eigenvalue weighted by molar-refractivity contribution is -0.510. The topological polar surface area (TPSA) is 127 Å². The van der Waals surface area contributed by atoms with Crippen LogP contribution in [0.3, 0.4) is 0 Å². The Hall–Kier alpha value is -2.43. The molecule has 5 saturated carbocycles. The van der Waals surface area contributed by atoms with Crippen molar-refractivity contribution in [2.24, 2.45) is 45.8 Å². The smallest absolute Gasteiger partial charge is 0.211 e. The van der Waals surface area contributed by atoms with E-state index in [0.717, 1.165) is 23.3 Å². The van der Waals surface area contributed by atoms with Crippen molar-refractivity contribution >= 4 is 5.78 Å². The summed E-state index contributed by atoms with van der Waals surface area (Å²) in [4.78, 5) is 14.4. The van der Waals surface area contributed by atoms with Crippen molar-refractivity contribution in [3.63, 3.8) is 0 Å². The van der Waals surface area contributed by atoms with E-state index in [1.165, 1.54) is 13.8 Å². The number of carbonyl (C=O) groups excluding carboxylic acids is 1. The highest BCUT2D eigenvalue weighted by Crippen LogP contribution is 2.84. The van der Waals surface area contributed by atoms with Gasteiger partial charge in [0.25, 0.3) is 0 Å². The molecular formula is C32H39N3O6. The molecule has 0 radical (unpaired) electrons. The molecule has 7 aliphatic rings. The maximum Gasteiger partial charge on any atom is 0.211 e. The summed E-state index contributed by atoms with van der Waals surface area (Å²) in [5.41, 5.74) is 0.0539. The second-order valence-electron chi connectivity index (χ2n) is 14.7. The molecule has 0 amide bonds. The van der Waals surface area contributed by atoms with Gasteiger partial charge in [-0.15, -0.1) is 5.10 Å². The highest BCUT2D eigenvalue weighted by Gasteiger charge is 2.93. The maximum atomic E-state index is 14.4. The molecule has 1 aromatic heterocycles. The molecule has 3 heterocycles. The Morgan fingerprint density at radius 3 is 2.59 bits per heavy atom. The Bertz CT molecular complexity index is 1470. The van der Waals surface area contributed by atoms with Gasteiger partial charge in [-0.2, -0.15) is 0 Å². The second kappa shape index (κ2) is 7.74. The summed E-state index contributed by atoms with van der Waals surface area (Å²) in [6.07, 6.45) is 1.81. The van der Waals surface area contributed by atoms with Crippen LogP contribution >= 0.6 is 0 Å². The molecule has 9 rings (SSSR count). The minimum Gasteiger partial charge on any atom is -0.390 e. The normalized spacial score (nSPS) is 47.1. The van der Waals surface area contributed by atoms with Crippen LogP contribution in [0.1, 0.15) is 53.0 Å². The van der Waals surface area contributed by atoms with Crippen LogP contribution in [0.25, 0.3) is 11.3 Å². The fourth-order valence-corrected chi connectivity index (χ4v) is 11.1. The standard InChI is InChI=1S/C32H39N3O6/c1-16-18-11-12-21-30-15-40-32(41-29(4,5)39,31(21)23(18)22(16)26(31)37)27(38)24(30)28(2,3)13-20(25(30)36)35-14-19(33-34-35)17-9-7-6-8-10-17/h6-10,14,18,20-25,27,36,38-39H,1,11-13,15H2,2-5H3/t18-,20-,21-,22?,23-,24+,25+,27-,30-,31+,32-/m0/s1. The first-order valence-electron chi connectivity index (χ1n) is 14.9. The number of aliphatic hydroxyl groups is 3. The molecule has 1 aromatic carbocycles. The summed E-state index contributed by atoms with van der Waals surface area (Å²) in [7, 11) is 0. The number of carbonyl (C=O) groups is 1. The van der Waals surface area contributed by atoms with Gasteiger partial charge in [-0.3, -0.25) is 4.79 Å². The highest BCUT2D eigenvalue weighted by atomic mass is 16.8. The largest absolute Gasteiger partial charge is 0.390 e. The van der Waals surface area contributed by atoms with Gasteiger partial charge >= 0.3 is 0 Å². The lowest BCUT2D eigenvalue weighted by Crippen LogP contribution is -2.93. The van der Waals surface area contributed by atoms with E-state index in [1.54, 1.807) is 4.68 Å². The van der Waals surface area contributed by atoms with Crippen molar-refractivity contribution in [2.75, 3.05) is 6.61 Å². The average Bonchev–Trinajstić information content (AvgIpc) is 3.40. The van der Waals surface area contributed by atoms with Crippen LogP contribution in [0.5, 0.6) is 0 Å². The fraction of sp³-hybridized carbons (Fsp3) is 0.656. The van der Waals surface area contributed by atoms with Gasteiger partial charge in [0.05, 0.1) is 30.4 Å². The number of allylic oxidation sites excluding steroid dienone is 1. The molecule has 3 N–H and O–H groups in total. The third-order valence-electron chi connectivity index (χ3n) is 12.1. The zero-order valence-corrected chi connectivity index (χ0v) is 24.0. The number of nitrogens with zero attached hydrogens (tertiary/aromatic N) is 3. The van der Waals surface area contributed by atoms with E-state index in [-0.39, 0.29) is 36.1 Å². The molecule has 9 nitrogen and oxygen atoms in total. The molecule has 2 spiro atoms. The molecule has 1 unspecified atom stereocenters. The average molecular weight is 562 g/mol. The number of hydrogen-bond donors (Lipinski definition) is 3. The third kappa shape index (κ3) is 2.79. The number of benzene rings is 1. The first kappa shape index (κ1) is 26.2. The quantitative estimate of drug-likeness (QED) is 0.384. The number of fused-ring (bicyclic) bond motifs is 1. The van der Waals surface area contributed by atoms with E-state index in [9.17, 15) is 20.1 Å². The van der Waals surface area contributed by atoms with Crippen molar-refractivity contribution in [1.29, 1.82) is 0 Å². The molecule has 7 fully saturated rings. The molecule has 2 aromatic rings. The van der Waals surface area contributed by atoms with Crippen molar-refractivity contribution in [3.8, 4) is 11.3 Å². The highest BCUT2D eigenvalue weighted by molar-refractivity contribution is 6.01. The zero-order valence-electron chi connectivity index (χ0n) is 24.0.